The van der Waals surface area contributed by atoms with E-state index in [2.05, 4.69) is 10.6 Å². The summed E-state index contributed by atoms with van der Waals surface area (Å²) in [6, 6.07) is -0.569. The van der Waals surface area contributed by atoms with Crippen LogP contribution in [-0.2, 0) is 9.59 Å². The fraction of sp³-hybridized carbons (Fsp3) is 0.222. The minimum atomic E-state index is -1.45. The molecule has 0 radical (unpaired) electrons. The summed E-state index contributed by atoms with van der Waals surface area (Å²) in [6.07, 6.45) is -0.674. The molecule has 17 heavy (non-hydrogen) atoms. The molecule has 0 saturated carbocycles. The highest BCUT2D eigenvalue weighted by Gasteiger charge is 2.22. The molecule has 4 N–H and O–H groups in total. The number of carboxylic acid groups (broad SMARTS) is 2. The van der Waals surface area contributed by atoms with Crippen LogP contribution < -0.4 is 10.6 Å². The molecule has 1 aromatic heterocycles. The minimum Gasteiger partial charge on any atom is -0.481 e. The minimum absolute atomic E-state index is 0.520. The Morgan fingerprint density at radius 2 is 2.06 bits per heavy atom. The number of carbonyl (C=O) groups excluding carboxylic acids is 1. The molecule has 1 heterocycles. The highest BCUT2D eigenvalue weighted by Crippen LogP contribution is 2.11. The number of anilines is 1. The molecule has 7 nitrogen and oxygen atoms in total. The van der Waals surface area contributed by atoms with Gasteiger partial charge in [-0.15, -0.1) is 0 Å². The van der Waals surface area contributed by atoms with E-state index in [4.69, 9.17) is 10.2 Å². The topological polar surface area (TPSA) is 116 Å². The normalized spacial score (nSPS) is 11.5. The number of nitrogens with one attached hydrogen (secondary N) is 2. The van der Waals surface area contributed by atoms with Gasteiger partial charge in [0.05, 0.1) is 12.1 Å². The standard InChI is InChI=1S/C9H10N2O5S/c12-7(13)3-6(8(14)15)11-9(16)10-5-1-2-17-4-5/h1-2,4,6H,3H2,(H,12,13)(H,14,15)(H2,10,11,16)/t6-/m0/s1. The molecule has 0 fully saturated rings. The molecule has 0 aliphatic heterocycles. The molecule has 2 amide bonds. The second-order valence-electron chi connectivity index (χ2n) is 3.10. The third-order valence-electron chi connectivity index (χ3n) is 1.76. The molecule has 8 heteroatoms. The van der Waals surface area contributed by atoms with Crippen molar-refractivity contribution in [2.45, 2.75) is 12.5 Å². The first-order chi connectivity index (χ1) is 7.99. The lowest BCUT2D eigenvalue weighted by Crippen LogP contribution is -2.44. The van der Waals surface area contributed by atoms with Crippen molar-refractivity contribution in [3.05, 3.63) is 16.8 Å². The Morgan fingerprint density at radius 3 is 2.53 bits per heavy atom. The van der Waals surface area contributed by atoms with Gasteiger partial charge in [-0.05, 0) is 11.4 Å². The summed E-state index contributed by atoms with van der Waals surface area (Å²) in [7, 11) is 0. The maximum absolute atomic E-state index is 11.3. The summed E-state index contributed by atoms with van der Waals surface area (Å²) in [5.41, 5.74) is 0.520. The quantitative estimate of drug-likeness (QED) is 0.623. The highest BCUT2D eigenvalue weighted by atomic mass is 32.1. The van der Waals surface area contributed by atoms with E-state index in [1.165, 1.54) is 11.3 Å². The Morgan fingerprint density at radius 1 is 1.35 bits per heavy atom. The van der Waals surface area contributed by atoms with Crippen molar-refractivity contribution < 1.29 is 24.6 Å². The van der Waals surface area contributed by atoms with Gasteiger partial charge in [-0.2, -0.15) is 11.3 Å². The van der Waals surface area contributed by atoms with E-state index in [1.54, 1.807) is 16.8 Å². The number of carboxylic acids is 2. The predicted octanol–water partition coefficient (Wildman–Crippen LogP) is 0.797. The Bertz CT molecular complexity index is 417. The zero-order chi connectivity index (χ0) is 12.8. The van der Waals surface area contributed by atoms with Crippen molar-refractivity contribution in [1.29, 1.82) is 0 Å². The lowest BCUT2D eigenvalue weighted by atomic mass is 10.2. The van der Waals surface area contributed by atoms with Gasteiger partial charge in [-0.25, -0.2) is 9.59 Å². The van der Waals surface area contributed by atoms with Crippen LogP contribution in [0.1, 0.15) is 6.42 Å². The summed E-state index contributed by atoms with van der Waals surface area (Å²) in [4.78, 5) is 32.4. The first-order valence-corrected chi connectivity index (χ1v) is 5.47. The molecule has 0 unspecified atom stereocenters. The molecule has 92 valence electrons. The van der Waals surface area contributed by atoms with Gasteiger partial charge in [0, 0.05) is 5.38 Å². The maximum Gasteiger partial charge on any atom is 0.326 e. The Kier molecular flexibility index (Phi) is 4.46. The molecule has 1 rings (SSSR count). The molecule has 0 saturated heterocycles. The van der Waals surface area contributed by atoms with Crippen molar-refractivity contribution in [2.24, 2.45) is 0 Å². The van der Waals surface area contributed by atoms with Crippen LogP contribution in [0.3, 0.4) is 0 Å². The van der Waals surface area contributed by atoms with Gasteiger partial charge in [0.15, 0.2) is 0 Å². The molecular weight excluding hydrogens is 248 g/mol. The number of hydrogen-bond donors (Lipinski definition) is 4. The van der Waals surface area contributed by atoms with Gasteiger partial charge < -0.3 is 20.8 Å². The molecule has 0 spiro atoms. The molecule has 0 aliphatic carbocycles. The summed E-state index contributed by atoms with van der Waals surface area (Å²) in [5, 5.41) is 25.0. The van der Waals surface area contributed by atoms with Crippen LogP contribution in [0, 0.1) is 0 Å². The number of carbonyl (C=O) groups is 3. The first kappa shape index (κ1) is 13.0. The second-order valence-corrected chi connectivity index (χ2v) is 3.88. The molecule has 1 aromatic rings. The number of thiophene rings is 1. The number of hydrogen-bond acceptors (Lipinski definition) is 4. The Hall–Kier alpha value is -2.09. The summed E-state index contributed by atoms with van der Waals surface area (Å²) in [6.45, 7) is 0. The summed E-state index contributed by atoms with van der Waals surface area (Å²) < 4.78 is 0. The van der Waals surface area contributed by atoms with E-state index < -0.39 is 30.4 Å². The SMILES string of the molecule is O=C(O)C[C@H](NC(=O)Nc1ccsc1)C(=O)O. The fourth-order valence-electron chi connectivity index (χ4n) is 1.04. The molecular formula is C9H10N2O5S. The van der Waals surface area contributed by atoms with Gasteiger partial charge in [0.1, 0.15) is 6.04 Å². The molecule has 1 atom stereocenters. The van der Waals surface area contributed by atoms with Crippen molar-refractivity contribution in [1.82, 2.24) is 5.32 Å². The Balaban J connectivity index is 2.52. The maximum atomic E-state index is 11.3. The van der Waals surface area contributed by atoms with Gasteiger partial charge in [0.25, 0.3) is 0 Å². The zero-order valence-corrected chi connectivity index (χ0v) is 9.36. The van der Waals surface area contributed by atoms with Crippen LogP contribution in [0.2, 0.25) is 0 Å². The van der Waals surface area contributed by atoms with Crippen LogP contribution in [0.15, 0.2) is 16.8 Å². The lowest BCUT2D eigenvalue weighted by molar-refractivity contribution is -0.145. The largest absolute Gasteiger partial charge is 0.481 e. The van der Waals surface area contributed by atoms with Crippen LogP contribution in [-0.4, -0.2) is 34.2 Å². The average molecular weight is 258 g/mol. The smallest absolute Gasteiger partial charge is 0.326 e. The van der Waals surface area contributed by atoms with E-state index in [-0.39, 0.29) is 0 Å². The van der Waals surface area contributed by atoms with Crippen LogP contribution in [0.25, 0.3) is 0 Å². The van der Waals surface area contributed by atoms with Crippen molar-refractivity contribution in [3.63, 3.8) is 0 Å². The molecule has 0 aromatic carbocycles. The van der Waals surface area contributed by atoms with E-state index >= 15 is 0 Å². The van der Waals surface area contributed by atoms with Crippen LogP contribution in [0.4, 0.5) is 10.5 Å². The van der Waals surface area contributed by atoms with Crippen LogP contribution in [0.5, 0.6) is 0 Å². The fourth-order valence-corrected chi connectivity index (χ4v) is 1.62. The molecule has 0 bridgehead atoms. The monoisotopic (exact) mass is 258 g/mol. The second kappa shape index (κ2) is 5.85. The van der Waals surface area contributed by atoms with Crippen molar-refractivity contribution in [3.8, 4) is 0 Å². The first-order valence-electron chi connectivity index (χ1n) is 4.53. The summed E-state index contributed by atoms with van der Waals surface area (Å²) in [5.74, 6) is -2.69. The van der Waals surface area contributed by atoms with Crippen molar-refractivity contribution in [2.75, 3.05) is 5.32 Å². The number of aliphatic carboxylic acids is 2. The van der Waals surface area contributed by atoms with E-state index in [0.29, 0.717) is 5.69 Å². The number of rotatable bonds is 5. The third kappa shape index (κ3) is 4.51. The van der Waals surface area contributed by atoms with Crippen LogP contribution >= 0.6 is 11.3 Å². The third-order valence-corrected chi connectivity index (χ3v) is 2.44. The van der Waals surface area contributed by atoms with E-state index in [1.807, 2.05) is 0 Å². The lowest BCUT2D eigenvalue weighted by Gasteiger charge is -2.12. The van der Waals surface area contributed by atoms with Gasteiger partial charge >= 0.3 is 18.0 Å². The highest BCUT2D eigenvalue weighted by molar-refractivity contribution is 7.08. The van der Waals surface area contributed by atoms with Gasteiger partial charge in [0.2, 0.25) is 0 Å². The predicted molar refractivity (Wildman–Crippen MR) is 60.2 cm³/mol. The van der Waals surface area contributed by atoms with E-state index in [9.17, 15) is 14.4 Å². The number of amides is 2. The molecule has 0 aliphatic rings. The number of urea groups is 1. The van der Waals surface area contributed by atoms with E-state index in [0.717, 1.165) is 0 Å². The zero-order valence-electron chi connectivity index (χ0n) is 8.54. The average Bonchev–Trinajstić information content (AvgIpc) is 2.68. The Labute approximate surface area is 100 Å². The summed E-state index contributed by atoms with van der Waals surface area (Å²) >= 11 is 1.36. The van der Waals surface area contributed by atoms with Gasteiger partial charge in [-0.3, -0.25) is 4.79 Å². The van der Waals surface area contributed by atoms with Crippen molar-refractivity contribution >= 4 is 35.0 Å². The van der Waals surface area contributed by atoms with Gasteiger partial charge in [-0.1, -0.05) is 0 Å².